The first-order valence-electron chi connectivity index (χ1n) is 5.13. The van der Waals surface area contributed by atoms with E-state index in [1.54, 1.807) is 13.8 Å². The molecule has 0 saturated carbocycles. The molecular weight excluding hydrogens is 229 g/mol. The summed E-state index contributed by atoms with van der Waals surface area (Å²) in [7, 11) is 0. The SMILES string of the molecule is CCNC(C)(C)C(=O)c1cc(F)ccc1Cl. The molecule has 0 spiro atoms. The summed E-state index contributed by atoms with van der Waals surface area (Å²) in [6, 6.07) is 3.80. The molecule has 0 heterocycles. The summed E-state index contributed by atoms with van der Waals surface area (Å²) in [5.41, 5.74) is -0.528. The molecule has 16 heavy (non-hydrogen) atoms. The second-order valence-corrected chi connectivity index (χ2v) is 4.52. The van der Waals surface area contributed by atoms with Gasteiger partial charge in [0.25, 0.3) is 0 Å². The summed E-state index contributed by atoms with van der Waals surface area (Å²) in [4.78, 5) is 12.1. The van der Waals surface area contributed by atoms with Crippen molar-refractivity contribution < 1.29 is 9.18 Å². The van der Waals surface area contributed by atoms with Crippen molar-refractivity contribution in [2.24, 2.45) is 0 Å². The lowest BCUT2D eigenvalue weighted by Crippen LogP contribution is -2.46. The molecule has 1 aromatic rings. The number of benzene rings is 1. The normalized spacial score (nSPS) is 11.6. The number of nitrogens with one attached hydrogen (secondary N) is 1. The Morgan fingerprint density at radius 3 is 2.69 bits per heavy atom. The van der Waals surface area contributed by atoms with E-state index in [-0.39, 0.29) is 16.4 Å². The van der Waals surface area contributed by atoms with E-state index in [0.29, 0.717) is 6.54 Å². The maximum Gasteiger partial charge on any atom is 0.183 e. The summed E-state index contributed by atoms with van der Waals surface area (Å²) >= 11 is 5.88. The van der Waals surface area contributed by atoms with Gasteiger partial charge in [-0.3, -0.25) is 4.79 Å². The Hall–Kier alpha value is -0.930. The van der Waals surface area contributed by atoms with Gasteiger partial charge in [0.1, 0.15) is 5.82 Å². The first kappa shape index (κ1) is 13.1. The molecule has 2 nitrogen and oxygen atoms in total. The molecule has 1 rings (SSSR count). The zero-order chi connectivity index (χ0) is 12.3. The van der Waals surface area contributed by atoms with Crippen LogP contribution in [0.4, 0.5) is 4.39 Å². The summed E-state index contributed by atoms with van der Waals surface area (Å²) in [5, 5.41) is 3.31. The van der Waals surface area contributed by atoms with Gasteiger partial charge < -0.3 is 5.32 Å². The molecule has 0 aliphatic carbocycles. The predicted molar refractivity (Wildman–Crippen MR) is 63.5 cm³/mol. The molecule has 0 amide bonds. The van der Waals surface area contributed by atoms with Crippen molar-refractivity contribution in [1.29, 1.82) is 0 Å². The largest absolute Gasteiger partial charge is 0.305 e. The molecule has 0 aromatic heterocycles. The third-order valence-electron chi connectivity index (χ3n) is 2.36. The van der Waals surface area contributed by atoms with Gasteiger partial charge in [-0.1, -0.05) is 18.5 Å². The number of halogens is 2. The highest BCUT2D eigenvalue weighted by Gasteiger charge is 2.29. The van der Waals surface area contributed by atoms with Crippen molar-refractivity contribution in [3.63, 3.8) is 0 Å². The number of hydrogen-bond acceptors (Lipinski definition) is 2. The number of carbonyl (C=O) groups excluding carboxylic acids is 1. The van der Waals surface area contributed by atoms with Crippen LogP contribution in [0, 0.1) is 5.82 Å². The first-order chi connectivity index (χ1) is 7.38. The average molecular weight is 244 g/mol. The topological polar surface area (TPSA) is 29.1 Å². The van der Waals surface area contributed by atoms with Gasteiger partial charge in [0.2, 0.25) is 0 Å². The molecule has 0 bridgehead atoms. The van der Waals surface area contributed by atoms with Gasteiger partial charge in [0.15, 0.2) is 5.78 Å². The highest BCUT2D eigenvalue weighted by atomic mass is 35.5. The molecule has 1 N–H and O–H groups in total. The van der Waals surface area contributed by atoms with Gasteiger partial charge >= 0.3 is 0 Å². The van der Waals surface area contributed by atoms with Crippen molar-refractivity contribution in [3.05, 3.63) is 34.6 Å². The standard InChI is InChI=1S/C12H15ClFNO/c1-4-15-12(2,3)11(16)9-7-8(14)5-6-10(9)13/h5-7,15H,4H2,1-3H3. The van der Waals surface area contributed by atoms with E-state index in [4.69, 9.17) is 11.6 Å². The van der Waals surface area contributed by atoms with E-state index >= 15 is 0 Å². The number of rotatable bonds is 4. The van der Waals surface area contributed by atoms with Crippen LogP contribution in [0.1, 0.15) is 31.1 Å². The van der Waals surface area contributed by atoms with Crippen LogP contribution in [-0.4, -0.2) is 17.9 Å². The fraction of sp³-hybridized carbons (Fsp3) is 0.417. The van der Waals surface area contributed by atoms with E-state index in [1.165, 1.54) is 18.2 Å². The molecule has 88 valence electrons. The van der Waals surface area contributed by atoms with E-state index in [9.17, 15) is 9.18 Å². The van der Waals surface area contributed by atoms with Gasteiger partial charge in [0.05, 0.1) is 10.6 Å². The second-order valence-electron chi connectivity index (χ2n) is 4.11. The summed E-state index contributed by atoms with van der Waals surface area (Å²) in [5.74, 6) is -0.668. The number of hydrogen-bond donors (Lipinski definition) is 1. The smallest absolute Gasteiger partial charge is 0.183 e. The Morgan fingerprint density at radius 1 is 1.50 bits per heavy atom. The molecule has 0 aliphatic heterocycles. The minimum absolute atomic E-state index is 0.209. The van der Waals surface area contributed by atoms with Crippen molar-refractivity contribution in [1.82, 2.24) is 5.32 Å². The quantitative estimate of drug-likeness (QED) is 0.824. The maximum atomic E-state index is 13.1. The van der Waals surface area contributed by atoms with Crippen LogP contribution in [-0.2, 0) is 0 Å². The highest BCUT2D eigenvalue weighted by Crippen LogP contribution is 2.22. The van der Waals surface area contributed by atoms with Gasteiger partial charge in [-0.15, -0.1) is 0 Å². The van der Waals surface area contributed by atoms with Crippen molar-refractivity contribution >= 4 is 17.4 Å². The second kappa shape index (κ2) is 4.93. The van der Waals surface area contributed by atoms with Crippen LogP contribution in [0.5, 0.6) is 0 Å². The number of likely N-dealkylation sites (N-methyl/N-ethyl adjacent to an activating group) is 1. The van der Waals surface area contributed by atoms with Crippen LogP contribution in [0.3, 0.4) is 0 Å². The molecule has 0 unspecified atom stereocenters. The van der Waals surface area contributed by atoms with Gasteiger partial charge in [0, 0.05) is 5.56 Å². The lowest BCUT2D eigenvalue weighted by atomic mass is 9.93. The lowest BCUT2D eigenvalue weighted by molar-refractivity contribution is 0.0883. The Morgan fingerprint density at radius 2 is 2.12 bits per heavy atom. The molecule has 0 fully saturated rings. The summed E-state index contributed by atoms with van der Waals surface area (Å²) < 4.78 is 13.1. The van der Waals surface area contributed by atoms with Crippen LogP contribution in [0.2, 0.25) is 5.02 Å². The third kappa shape index (κ3) is 2.80. The Kier molecular flexibility index (Phi) is 4.05. The van der Waals surface area contributed by atoms with Gasteiger partial charge in [-0.2, -0.15) is 0 Å². The van der Waals surface area contributed by atoms with Crippen LogP contribution in [0.15, 0.2) is 18.2 Å². The monoisotopic (exact) mass is 243 g/mol. The summed E-state index contributed by atoms with van der Waals surface area (Å²) in [6.07, 6.45) is 0. The molecule has 1 aromatic carbocycles. The van der Waals surface area contributed by atoms with Crippen molar-refractivity contribution in [2.75, 3.05) is 6.54 Å². The molecule has 0 radical (unpaired) electrons. The van der Waals surface area contributed by atoms with E-state index in [1.807, 2.05) is 6.92 Å². The predicted octanol–water partition coefficient (Wildman–Crippen LogP) is 3.05. The fourth-order valence-electron chi connectivity index (χ4n) is 1.53. The van der Waals surface area contributed by atoms with Crippen molar-refractivity contribution in [3.8, 4) is 0 Å². The average Bonchev–Trinajstić information content (AvgIpc) is 2.20. The van der Waals surface area contributed by atoms with Crippen LogP contribution >= 0.6 is 11.6 Å². The zero-order valence-electron chi connectivity index (χ0n) is 9.60. The Labute approximate surface area is 99.8 Å². The van der Waals surface area contributed by atoms with Crippen molar-refractivity contribution in [2.45, 2.75) is 26.3 Å². The van der Waals surface area contributed by atoms with Gasteiger partial charge in [-0.05, 0) is 38.6 Å². The molecule has 0 saturated heterocycles. The van der Waals surface area contributed by atoms with E-state index in [0.717, 1.165) is 0 Å². The zero-order valence-corrected chi connectivity index (χ0v) is 10.4. The Bertz CT molecular complexity index is 404. The fourth-order valence-corrected chi connectivity index (χ4v) is 1.73. The minimum atomic E-state index is -0.744. The number of carbonyl (C=O) groups is 1. The van der Waals surface area contributed by atoms with E-state index in [2.05, 4.69) is 5.32 Å². The molecule has 0 aliphatic rings. The highest BCUT2D eigenvalue weighted by molar-refractivity contribution is 6.34. The maximum absolute atomic E-state index is 13.1. The molecule has 4 heteroatoms. The van der Waals surface area contributed by atoms with Crippen LogP contribution in [0.25, 0.3) is 0 Å². The lowest BCUT2D eigenvalue weighted by Gasteiger charge is -2.24. The minimum Gasteiger partial charge on any atom is -0.305 e. The van der Waals surface area contributed by atoms with Crippen LogP contribution < -0.4 is 5.32 Å². The third-order valence-corrected chi connectivity index (χ3v) is 2.69. The first-order valence-corrected chi connectivity index (χ1v) is 5.51. The van der Waals surface area contributed by atoms with Gasteiger partial charge in [-0.25, -0.2) is 4.39 Å². The summed E-state index contributed by atoms with van der Waals surface area (Å²) in [6.45, 7) is 6.06. The molecule has 0 atom stereocenters. The number of ketones is 1. The molecular formula is C12H15ClFNO. The Balaban J connectivity index is 3.09. The number of Topliss-reactive ketones (excluding diaryl/α,β-unsaturated/α-hetero) is 1. The van der Waals surface area contributed by atoms with E-state index < -0.39 is 11.4 Å².